The summed E-state index contributed by atoms with van der Waals surface area (Å²) in [5.41, 5.74) is 0. The van der Waals surface area contributed by atoms with E-state index in [2.05, 4.69) is 0 Å². The third-order valence-corrected chi connectivity index (χ3v) is 3.15. The zero-order valence-corrected chi connectivity index (χ0v) is 11.1. The van der Waals surface area contributed by atoms with E-state index in [1.807, 2.05) is 11.8 Å². The van der Waals surface area contributed by atoms with Crippen molar-refractivity contribution in [2.75, 3.05) is 27.2 Å². The van der Waals surface area contributed by atoms with Gasteiger partial charge in [0.2, 0.25) is 5.91 Å². The van der Waals surface area contributed by atoms with Crippen molar-refractivity contribution in [3.8, 4) is 0 Å². The minimum atomic E-state index is -0.262. The molecule has 1 aliphatic heterocycles. The molecule has 5 heteroatoms. The number of likely N-dealkylation sites (tertiary alicyclic amines) is 1. The maximum atomic E-state index is 11.9. The highest BCUT2D eigenvalue weighted by atomic mass is 16.5. The number of rotatable bonds is 4. The quantitative estimate of drug-likeness (QED) is 0.673. The molecule has 0 aromatic heterocycles. The van der Waals surface area contributed by atoms with E-state index in [9.17, 15) is 9.59 Å². The zero-order valence-electron chi connectivity index (χ0n) is 11.1. The van der Waals surface area contributed by atoms with Gasteiger partial charge in [-0.1, -0.05) is 0 Å². The molecule has 1 amide bonds. The van der Waals surface area contributed by atoms with Crippen LogP contribution in [0.15, 0.2) is 0 Å². The fourth-order valence-corrected chi connectivity index (χ4v) is 2.26. The molecule has 2 atom stereocenters. The van der Waals surface area contributed by atoms with Crippen LogP contribution in [0.1, 0.15) is 26.7 Å². The summed E-state index contributed by atoms with van der Waals surface area (Å²) in [4.78, 5) is 27.2. The van der Waals surface area contributed by atoms with Crippen molar-refractivity contribution in [3.05, 3.63) is 0 Å². The highest BCUT2D eigenvalue weighted by Crippen LogP contribution is 2.21. The van der Waals surface area contributed by atoms with E-state index in [1.165, 1.54) is 0 Å². The molecule has 0 aromatic carbocycles. The van der Waals surface area contributed by atoms with Gasteiger partial charge >= 0.3 is 5.97 Å². The number of hydrogen-bond donors (Lipinski definition) is 0. The SMILES string of the molecule is CCOC(=O)C1CCCN1C(C)C(=O)N(C)C. The van der Waals surface area contributed by atoms with Crippen molar-refractivity contribution in [2.24, 2.45) is 0 Å². The molecule has 1 fully saturated rings. The lowest BCUT2D eigenvalue weighted by Gasteiger charge is -2.29. The van der Waals surface area contributed by atoms with Crippen LogP contribution in [0, 0.1) is 0 Å². The van der Waals surface area contributed by atoms with Crippen molar-refractivity contribution in [1.29, 1.82) is 0 Å². The second kappa shape index (κ2) is 6.00. The van der Waals surface area contributed by atoms with E-state index in [4.69, 9.17) is 4.74 Å². The second-order valence-corrected chi connectivity index (χ2v) is 4.56. The van der Waals surface area contributed by atoms with E-state index in [0.29, 0.717) is 6.61 Å². The second-order valence-electron chi connectivity index (χ2n) is 4.56. The van der Waals surface area contributed by atoms with Crippen LogP contribution < -0.4 is 0 Å². The van der Waals surface area contributed by atoms with Crippen molar-refractivity contribution >= 4 is 11.9 Å². The molecule has 0 radical (unpaired) electrons. The van der Waals surface area contributed by atoms with E-state index >= 15 is 0 Å². The number of amides is 1. The lowest BCUT2D eigenvalue weighted by Crippen LogP contribution is -2.49. The van der Waals surface area contributed by atoms with Gasteiger partial charge in [0.05, 0.1) is 12.6 Å². The third-order valence-electron chi connectivity index (χ3n) is 3.15. The molecule has 1 heterocycles. The number of carbonyl (C=O) groups excluding carboxylic acids is 2. The first-order chi connectivity index (χ1) is 7.99. The summed E-state index contributed by atoms with van der Waals surface area (Å²) in [5, 5.41) is 0. The van der Waals surface area contributed by atoms with Gasteiger partial charge in [0.15, 0.2) is 0 Å². The molecular formula is C12H22N2O3. The van der Waals surface area contributed by atoms with Crippen LogP contribution in [0.5, 0.6) is 0 Å². The van der Waals surface area contributed by atoms with Crippen LogP contribution >= 0.6 is 0 Å². The van der Waals surface area contributed by atoms with Crippen molar-refractivity contribution in [3.63, 3.8) is 0 Å². The summed E-state index contributed by atoms with van der Waals surface area (Å²) >= 11 is 0. The monoisotopic (exact) mass is 242 g/mol. The van der Waals surface area contributed by atoms with Crippen molar-refractivity contribution in [1.82, 2.24) is 9.80 Å². The van der Waals surface area contributed by atoms with Gasteiger partial charge < -0.3 is 9.64 Å². The first-order valence-corrected chi connectivity index (χ1v) is 6.12. The Morgan fingerprint density at radius 3 is 2.65 bits per heavy atom. The van der Waals surface area contributed by atoms with Crippen LogP contribution in [0.4, 0.5) is 0 Å². The van der Waals surface area contributed by atoms with Gasteiger partial charge in [0, 0.05) is 14.1 Å². The van der Waals surface area contributed by atoms with Gasteiger partial charge in [-0.05, 0) is 33.2 Å². The minimum Gasteiger partial charge on any atom is -0.465 e. The lowest BCUT2D eigenvalue weighted by molar-refractivity contribution is -0.150. The summed E-state index contributed by atoms with van der Waals surface area (Å²) in [7, 11) is 3.46. The Balaban J connectivity index is 2.68. The van der Waals surface area contributed by atoms with E-state index in [1.54, 1.807) is 25.9 Å². The van der Waals surface area contributed by atoms with Gasteiger partial charge in [-0.15, -0.1) is 0 Å². The molecule has 5 nitrogen and oxygen atoms in total. The molecular weight excluding hydrogens is 220 g/mol. The summed E-state index contributed by atoms with van der Waals surface area (Å²) in [5.74, 6) is -0.176. The van der Waals surface area contributed by atoms with Crippen LogP contribution in [-0.4, -0.2) is 61.0 Å². The molecule has 0 N–H and O–H groups in total. The average molecular weight is 242 g/mol. The largest absolute Gasteiger partial charge is 0.465 e. The normalized spacial score (nSPS) is 22.2. The molecule has 1 aliphatic rings. The number of ether oxygens (including phenoxy) is 1. The minimum absolute atomic E-state index is 0.0289. The molecule has 0 saturated carbocycles. The number of carbonyl (C=O) groups is 2. The molecule has 2 unspecified atom stereocenters. The molecule has 17 heavy (non-hydrogen) atoms. The first-order valence-electron chi connectivity index (χ1n) is 6.12. The Morgan fingerprint density at radius 1 is 1.47 bits per heavy atom. The average Bonchev–Trinajstić information content (AvgIpc) is 2.76. The van der Waals surface area contributed by atoms with Crippen molar-refractivity contribution in [2.45, 2.75) is 38.8 Å². The Bertz CT molecular complexity index is 291. The lowest BCUT2D eigenvalue weighted by atomic mass is 10.2. The Labute approximate surface area is 103 Å². The van der Waals surface area contributed by atoms with E-state index in [0.717, 1.165) is 19.4 Å². The highest BCUT2D eigenvalue weighted by molar-refractivity contribution is 5.83. The molecule has 0 aromatic rings. The maximum absolute atomic E-state index is 11.9. The van der Waals surface area contributed by atoms with E-state index in [-0.39, 0.29) is 24.0 Å². The smallest absolute Gasteiger partial charge is 0.323 e. The van der Waals surface area contributed by atoms with Gasteiger partial charge in [-0.25, -0.2) is 0 Å². The number of esters is 1. The van der Waals surface area contributed by atoms with E-state index < -0.39 is 0 Å². The van der Waals surface area contributed by atoms with Crippen LogP contribution in [-0.2, 0) is 14.3 Å². The van der Waals surface area contributed by atoms with Gasteiger partial charge in [-0.2, -0.15) is 0 Å². The number of nitrogens with zero attached hydrogens (tertiary/aromatic N) is 2. The summed E-state index contributed by atoms with van der Waals surface area (Å²) in [6, 6.07) is -0.518. The number of hydrogen-bond acceptors (Lipinski definition) is 4. The van der Waals surface area contributed by atoms with Gasteiger partial charge in [0.25, 0.3) is 0 Å². The summed E-state index contributed by atoms with van der Waals surface area (Å²) in [6.45, 7) is 4.81. The van der Waals surface area contributed by atoms with Gasteiger partial charge in [0.1, 0.15) is 6.04 Å². The zero-order chi connectivity index (χ0) is 13.0. The fraction of sp³-hybridized carbons (Fsp3) is 0.833. The van der Waals surface area contributed by atoms with Gasteiger partial charge in [-0.3, -0.25) is 14.5 Å². The van der Waals surface area contributed by atoms with Crippen LogP contribution in [0.25, 0.3) is 0 Å². The Hall–Kier alpha value is -1.10. The molecule has 1 saturated heterocycles. The Kier molecular flexibility index (Phi) is 4.93. The predicted octanol–water partition coefficient (Wildman–Crippen LogP) is 0.491. The molecule has 1 rings (SSSR count). The Morgan fingerprint density at radius 2 is 2.12 bits per heavy atom. The third kappa shape index (κ3) is 3.19. The summed E-state index contributed by atoms with van der Waals surface area (Å²) in [6.07, 6.45) is 1.72. The highest BCUT2D eigenvalue weighted by Gasteiger charge is 2.37. The van der Waals surface area contributed by atoms with Crippen LogP contribution in [0.3, 0.4) is 0 Å². The topological polar surface area (TPSA) is 49.9 Å². The number of likely N-dealkylation sites (N-methyl/N-ethyl adjacent to an activating group) is 1. The standard InChI is InChI=1S/C12H22N2O3/c1-5-17-12(16)10-7-6-8-14(10)9(2)11(15)13(3)4/h9-10H,5-8H2,1-4H3. The molecule has 0 bridgehead atoms. The van der Waals surface area contributed by atoms with Crippen molar-refractivity contribution < 1.29 is 14.3 Å². The maximum Gasteiger partial charge on any atom is 0.323 e. The molecule has 0 aliphatic carbocycles. The summed E-state index contributed by atoms with van der Waals surface area (Å²) < 4.78 is 5.04. The molecule has 0 spiro atoms. The predicted molar refractivity (Wildman–Crippen MR) is 64.5 cm³/mol. The first kappa shape index (κ1) is 14.0. The fourth-order valence-electron chi connectivity index (χ4n) is 2.26. The van der Waals surface area contributed by atoms with Crippen LogP contribution in [0.2, 0.25) is 0 Å². The molecule has 98 valence electrons.